The van der Waals surface area contributed by atoms with Crippen LogP contribution in [0.15, 0.2) is 54.6 Å². The van der Waals surface area contributed by atoms with Gasteiger partial charge in [0.1, 0.15) is 5.75 Å². The Morgan fingerprint density at radius 2 is 1.79 bits per heavy atom. The molecule has 0 bridgehead atoms. The third kappa shape index (κ3) is 3.02. The highest BCUT2D eigenvalue weighted by Gasteiger charge is 2.35. The summed E-state index contributed by atoms with van der Waals surface area (Å²) in [4.78, 5) is 13.0. The van der Waals surface area contributed by atoms with E-state index >= 15 is 0 Å². The Kier molecular flexibility index (Phi) is 4.03. The van der Waals surface area contributed by atoms with E-state index in [1.165, 1.54) is 20.8 Å². The van der Waals surface area contributed by atoms with Crippen LogP contribution >= 0.6 is 0 Å². The second kappa shape index (κ2) is 6.49. The summed E-state index contributed by atoms with van der Waals surface area (Å²) in [6, 6.07) is 16.9. The van der Waals surface area contributed by atoms with Crippen LogP contribution in [0.5, 0.6) is 5.75 Å². The zero-order chi connectivity index (χ0) is 20.2. The number of rotatable bonds is 3. The Morgan fingerprint density at radius 3 is 2.59 bits per heavy atom. The number of carbonyl (C=O) groups is 1. The lowest BCUT2D eigenvalue weighted by Crippen LogP contribution is -2.48. The molecule has 29 heavy (non-hydrogen) atoms. The number of hydrogen-bond donors (Lipinski definition) is 1. The van der Waals surface area contributed by atoms with Gasteiger partial charge in [0.2, 0.25) is 10.0 Å². The van der Waals surface area contributed by atoms with Crippen molar-refractivity contribution in [2.24, 2.45) is 0 Å². The Morgan fingerprint density at radius 1 is 1.03 bits per heavy atom. The van der Waals surface area contributed by atoms with Crippen molar-refractivity contribution >= 4 is 38.1 Å². The zero-order valence-electron chi connectivity index (χ0n) is 15.9. The maximum Gasteiger partial charge on any atom is 0.267 e. The van der Waals surface area contributed by atoms with Gasteiger partial charge in [-0.15, -0.1) is 0 Å². The molecule has 1 aliphatic heterocycles. The Labute approximate surface area is 169 Å². The number of ether oxygens (including phenoxy) is 1. The van der Waals surface area contributed by atoms with Gasteiger partial charge in [-0.1, -0.05) is 36.4 Å². The van der Waals surface area contributed by atoms with Gasteiger partial charge in [0.25, 0.3) is 5.91 Å². The topological polar surface area (TPSA) is 75.7 Å². The monoisotopic (exact) mass is 408 g/mol. The van der Waals surface area contributed by atoms with Gasteiger partial charge in [0.05, 0.1) is 18.5 Å². The molecule has 148 valence electrons. The number of anilines is 2. The van der Waals surface area contributed by atoms with Crippen molar-refractivity contribution in [3.63, 3.8) is 0 Å². The van der Waals surface area contributed by atoms with E-state index in [4.69, 9.17) is 4.74 Å². The summed E-state index contributed by atoms with van der Waals surface area (Å²) >= 11 is 0. The van der Waals surface area contributed by atoms with Gasteiger partial charge in [-0.2, -0.15) is 0 Å². The molecule has 1 aliphatic carbocycles. The first-order valence-corrected chi connectivity index (χ1v) is 11.3. The number of benzene rings is 3. The molecule has 1 heterocycles. The van der Waals surface area contributed by atoms with E-state index in [0.29, 0.717) is 17.1 Å². The lowest BCUT2D eigenvalue weighted by atomic mass is 10.0. The third-order valence-corrected chi connectivity index (χ3v) is 6.71. The molecule has 0 aromatic heterocycles. The number of sulfonamides is 1. The van der Waals surface area contributed by atoms with Gasteiger partial charge in [0.15, 0.2) is 6.10 Å². The first-order chi connectivity index (χ1) is 13.9. The van der Waals surface area contributed by atoms with Gasteiger partial charge < -0.3 is 10.1 Å². The lowest BCUT2D eigenvalue weighted by molar-refractivity contribution is -0.122. The molecule has 1 amide bonds. The molecule has 1 N–H and O–H groups in total. The normalized spacial score (nSPS) is 17.7. The largest absolute Gasteiger partial charge is 0.476 e. The van der Waals surface area contributed by atoms with Crippen LogP contribution in [0.2, 0.25) is 0 Å². The average Bonchev–Trinajstić information content (AvgIpc) is 3.13. The Balaban J connectivity index is 1.48. The third-order valence-electron chi connectivity index (χ3n) is 5.56. The number of aryl methyl sites for hydroxylation is 2. The minimum Gasteiger partial charge on any atom is -0.476 e. The Bertz CT molecular complexity index is 1240. The predicted octanol–water partition coefficient (Wildman–Crippen LogP) is 3.10. The molecular weight excluding hydrogens is 388 g/mol. The summed E-state index contributed by atoms with van der Waals surface area (Å²) in [7, 11) is -3.54. The first-order valence-electron chi connectivity index (χ1n) is 9.49. The quantitative estimate of drug-likeness (QED) is 0.723. The second-order valence-electron chi connectivity index (χ2n) is 7.47. The van der Waals surface area contributed by atoms with Crippen LogP contribution in [-0.4, -0.2) is 33.2 Å². The van der Waals surface area contributed by atoms with Crippen molar-refractivity contribution in [1.82, 2.24) is 0 Å². The molecule has 0 spiro atoms. The van der Waals surface area contributed by atoms with Crippen molar-refractivity contribution in [2.45, 2.75) is 18.9 Å². The van der Waals surface area contributed by atoms with Crippen LogP contribution in [0.4, 0.5) is 11.4 Å². The maximum absolute atomic E-state index is 13.0. The molecule has 2 aliphatic rings. The van der Waals surface area contributed by atoms with Crippen molar-refractivity contribution in [2.75, 3.05) is 22.4 Å². The fourth-order valence-corrected chi connectivity index (χ4v) is 5.14. The fraction of sp³-hybridized carbons (Fsp3) is 0.227. The smallest absolute Gasteiger partial charge is 0.267 e. The standard InChI is InChI=1S/C22H20N2O4S/c1-29(26,27)24-13-20(28-19-8-3-2-7-18(19)24)22(25)23-17-12-11-15-10-9-14-5-4-6-16(17)21(14)15/h2-8,11-12,20H,9-10,13H2,1H3,(H,23,25). The molecule has 6 nitrogen and oxygen atoms in total. The molecule has 3 aromatic carbocycles. The highest BCUT2D eigenvalue weighted by molar-refractivity contribution is 7.92. The van der Waals surface area contributed by atoms with Crippen LogP contribution in [0.1, 0.15) is 11.1 Å². The minimum atomic E-state index is -3.54. The number of nitrogens with one attached hydrogen (secondary N) is 1. The zero-order valence-corrected chi connectivity index (χ0v) is 16.7. The first kappa shape index (κ1) is 18.0. The predicted molar refractivity (Wildman–Crippen MR) is 113 cm³/mol. The molecule has 0 saturated carbocycles. The molecule has 5 rings (SSSR count). The fourth-order valence-electron chi connectivity index (χ4n) is 4.22. The van der Waals surface area contributed by atoms with Gasteiger partial charge >= 0.3 is 0 Å². The average molecular weight is 408 g/mol. The van der Waals surface area contributed by atoms with Gasteiger partial charge in [-0.25, -0.2) is 8.42 Å². The molecule has 1 unspecified atom stereocenters. The van der Waals surface area contributed by atoms with E-state index in [9.17, 15) is 13.2 Å². The van der Waals surface area contributed by atoms with Crippen molar-refractivity contribution < 1.29 is 17.9 Å². The van der Waals surface area contributed by atoms with Gasteiger partial charge in [-0.05, 0) is 47.6 Å². The summed E-state index contributed by atoms with van der Waals surface area (Å²) in [5, 5.41) is 5.16. The molecule has 7 heteroatoms. The number of fused-ring (bicyclic) bond motifs is 1. The number of carbonyl (C=O) groups excluding carboxylic acids is 1. The summed E-state index contributed by atoms with van der Waals surface area (Å²) in [6.45, 7) is -0.0665. The molecule has 0 fully saturated rings. The van der Waals surface area contributed by atoms with Crippen LogP contribution in [-0.2, 0) is 27.7 Å². The van der Waals surface area contributed by atoms with Crippen LogP contribution in [0.25, 0.3) is 10.8 Å². The second-order valence-corrected chi connectivity index (χ2v) is 9.38. The van der Waals surface area contributed by atoms with Crippen molar-refractivity contribution in [3.8, 4) is 5.75 Å². The highest BCUT2D eigenvalue weighted by Crippen LogP contribution is 2.37. The van der Waals surface area contributed by atoms with E-state index in [0.717, 1.165) is 24.5 Å². The summed E-state index contributed by atoms with van der Waals surface area (Å²) in [5.74, 6) is 0.0107. The molecule has 3 aromatic rings. The van der Waals surface area contributed by atoms with E-state index in [2.05, 4.69) is 11.4 Å². The van der Waals surface area contributed by atoms with Crippen molar-refractivity contribution in [1.29, 1.82) is 0 Å². The lowest BCUT2D eigenvalue weighted by Gasteiger charge is -2.33. The van der Waals surface area contributed by atoms with E-state index in [1.54, 1.807) is 24.3 Å². The van der Waals surface area contributed by atoms with Crippen LogP contribution in [0.3, 0.4) is 0 Å². The molecule has 1 atom stereocenters. The Hall–Kier alpha value is -3.06. The van der Waals surface area contributed by atoms with E-state index in [1.807, 2.05) is 24.3 Å². The molecule has 0 saturated heterocycles. The van der Waals surface area contributed by atoms with Crippen LogP contribution in [0, 0.1) is 0 Å². The molecular formula is C22H20N2O4S. The van der Waals surface area contributed by atoms with E-state index in [-0.39, 0.29) is 12.5 Å². The number of para-hydroxylation sites is 2. The SMILES string of the molecule is CS(=O)(=O)N1CC(C(=O)Nc2ccc3c4c(cccc24)CC3)Oc2ccccc21. The minimum absolute atomic E-state index is 0.0665. The van der Waals surface area contributed by atoms with Crippen molar-refractivity contribution in [3.05, 3.63) is 65.7 Å². The summed E-state index contributed by atoms with van der Waals surface area (Å²) < 4.78 is 31.6. The highest BCUT2D eigenvalue weighted by atomic mass is 32.2. The van der Waals surface area contributed by atoms with E-state index < -0.39 is 16.1 Å². The number of amides is 1. The molecule has 0 radical (unpaired) electrons. The van der Waals surface area contributed by atoms with Gasteiger partial charge in [-0.3, -0.25) is 9.10 Å². The summed E-state index contributed by atoms with van der Waals surface area (Å²) in [5.41, 5.74) is 3.75. The van der Waals surface area contributed by atoms with Crippen LogP contribution < -0.4 is 14.4 Å². The number of hydrogen-bond acceptors (Lipinski definition) is 4. The maximum atomic E-state index is 13.0. The van der Waals surface area contributed by atoms with Gasteiger partial charge in [0, 0.05) is 11.1 Å². The number of nitrogens with zero attached hydrogens (tertiary/aromatic N) is 1. The summed E-state index contributed by atoms with van der Waals surface area (Å²) in [6.07, 6.45) is 2.21.